The molecular formula is C10H12N3O5S+. The van der Waals surface area contributed by atoms with Crippen LogP contribution in [0.5, 0.6) is 0 Å². The largest absolute Gasteiger partial charge is 0.444 e. The van der Waals surface area contributed by atoms with Crippen molar-refractivity contribution in [1.82, 2.24) is 10.1 Å². The van der Waals surface area contributed by atoms with Crippen molar-refractivity contribution in [2.24, 2.45) is 0 Å². The minimum atomic E-state index is -4.20. The molecule has 2 aromatic heterocycles. The van der Waals surface area contributed by atoms with Crippen LogP contribution in [-0.2, 0) is 16.7 Å². The number of hydrogen-bond acceptors (Lipinski definition) is 6. The van der Waals surface area contributed by atoms with Gasteiger partial charge in [-0.1, -0.05) is 4.68 Å². The van der Waals surface area contributed by atoms with Crippen molar-refractivity contribution < 1.29 is 27.2 Å². The molecule has 2 aromatic rings. The molecule has 0 amide bonds. The number of aliphatic hydroxyl groups is 1. The number of oxazole rings is 1. The van der Waals surface area contributed by atoms with Gasteiger partial charge >= 0.3 is 0 Å². The summed E-state index contributed by atoms with van der Waals surface area (Å²) in [5.41, 5.74) is 0.658. The Morgan fingerprint density at radius 3 is 2.79 bits per heavy atom. The minimum Gasteiger partial charge on any atom is -0.444 e. The molecule has 1 unspecified atom stereocenters. The molecule has 2 rings (SSSR count). The van der Waals surface area contributed by atoms with Crippen LogP contribution in [0.1, 0.15) is 0 Å². The number of hydrogen-bond donors (Lipinski definition) is 2. The van der Waals surface area contributed by atoms with Gasteiger partial charge in [0.1, 0.15) is 24.3 Å². The average molecular weight is 286 g/mol. The maximum Gasteiger partial charge on any atom is 0.267 e. The average Bonchev–Trinajstić information content (AvgIpc) is 2.80. The van der Waals surface area contributed by atoms with E-state index in [4.69, 9.17) is 8.97 Å². The van der Waals surface area contributed by atoms with Crippen molar-refractivity contribution in [1.29, 1.82) is 0 Å². The Labute approximate surface area is 109 Å². The molecule has 0 radical (unpaired) electrons. The van der Waals surface area contributed by atoms with Crippen molar-refractivity contribution in [3.63, 3.8) is 0 Å². The lowest BCUT2D eigenvalue weighted by Gasteiger charge is -2.03. The van der Waals surface area contributed by atoms with Crippen LogP contribution in [-0.4, -0.2) is 40.0 Å². The van der Waals surface area contributed by atoms with Gasteiger partial charge in [0, 0.05) is 6.07 Å². The highest BCUT2D eigenvalue weighted by atomic mass is 32.2. The Bertz CT molecular complexity index is 624. The molecule has 2 N–H and O–H groups in total. The fraction of sp³-hybridized carbons (Fsp3) is 0.300. The van der Waals surface area contributed by atoms with E-state index in [2.05, 4.69) is 10.1 Å². The molecule has 0 aliphatic carbocycles. The summed E-state index contributed by atoms with van der Waals surface area (Å²) >= 11 is 0. The predicted octanol–water partition coefficient (Wildman–Crippen LogP) is -0.727. The molecule has 0 saturated carbocycles. The highest BCUT2D eigenvalue weighted by molar-refractivity contribution is 7.85. The first kappa shape index (κ1) is 13.6. The van der Waals surface area contributed by atoms with Gasteiger partial charge in [-0.3, -0.25) is 4.55 Å². The monoisotopic (exact) mass is 286 g/mol. The van der Waals surface area contributed by atoms with Gasteiger partial charge in [-0.2, -0.15) is 8.42 Å². The molecule has 0 aliphatic rings. The van der Waals surface area contributed by atoms with Crippen LogP contribution in [0.15, 0.2) is 35.3 Å². The Kier molecular flexibility index (Phi) is 3.88. The predicted molar refractivity (Wildman–Crippen MR) is 62.4 cm³/mol. The summed E-state index contributed by atoms with van der Waals surface area (Å²) < 4.78 is 36.2. The highest BCUT2D eigenvalue weighted by Crippen LogP contribution is 2.13. The lowest BCUT2D eigenvalue weighted by molar-refractivity contribution is -0.758. The third-order valence-electron chi connectivity index (χ3n) is 2.25. The van der Waals surface area contributed by atoms with Crippen molar-refractivity contribution in [3.8, 4) is 11.5 Å². The molecule has 8 nitrogen and oxygen atoms in total. The van der Waals surface area contributed by atoms with Crippen LogP contribution in [0.2, 0.25) is 0 Å². The fourth-order valence-corrected chi connectivity index (χ4v) is 2.09. The summed E-state index contributed by atoms with van der Waals surface area (Å²) in [6.45, 7) is -0.0499. The summed E-state index contributed by atoms with van der Waals surface area (Å²) in [6, 6.07) is 1.67. The molecule has 9 heteroatoms. The Balaban J connectivity index is 2.03. The van der Waals surface area contributed by atoms with Gasteiger partial charge < -0.3 is 9.52 Å². The summed E-state index contributed by atoms with van der Waals surface area (Å²) in [5.74, 6) is -0.318. The molecule has 0 fully saturated rings. The second-order valence-corrected chi connectivity index (χ2v) is 5.37. The van der Waals surface area contributed by atoms with Gasteiger partial charge in [-0.05, 0) is 5.10 Å². The molecule has 19 heavy (non-hydrogen) atoms. The van der Waals surface area contributed by atoms with Crippen LogP contribution in [0.3, 0.4) is 0 Å². The van der Waals surface area contributed by atoms with Crippen LogP contribution in [0, 0.1) is 0 Å². The lowest BCUT2D eigenvalue weighted by atomic mass is 10.3. The third kappa shape index (κ3) is 4.09. The Morgan fingerprint density at radius 2 is 2.26 bits per heavy atom. The van der Waals surface area contributed by atoms with Gasteiger partial charge in [0.05, 0.1) is 11.8 Å². The number of nitrogens with zero attached hydrogens (tertiary/aromatic N) is 3. The highest BCUT2D eigenvalue weighted by Gasteiger charge is 2.19. The van der Waals surface area contributed by atoms with E-state index >= 15 is 0 Å². The topological polar surface area (TPSA) is 117 Å². The molecule has 1 atom stereocenters. The van der Waals surface area contributed by atoms with Crippen molar-refractivity contribution in [3.05, 3.63) is 30.9 Å². The molecule has 0 aliphatic heterocycles. The SMILES string of the molecule is O=S(=O)(O)CC(O)C[n+]1ccc(-c2ncco2)cn1. The molecule has 2 heterocycles. The van der Waals surface area contributed by atoms with Crippen LogP contribution < -0.4 is 4.68 Å². The standard InChI is InChI=1S/C10H11N3O5S/c14-9(7-19(15,16)17)6-13-3-1-8(5-12-13)10-11-2-4-18-10/h1-5,9,14H,6-7H2/p+1. The van der Waals surface area contributed by atoms with E-state index in [9.17, 15) is 13.5 Å². The zero-order valence-electron chi connectivity index (χ0n) is 9.75. The molecular weight excluding hydrogens is 274 g/mol. The quantitative estimate of drug-likeness (QED) is 0.549. The van der Waals surface area contributed by atoms with Crippen molar-refractivity contribution in [2.75, 3.05) is 5.75 Å². The van der Waals surface area contributed by atoms with Gasteiger partial charge in [-0.15, -0.1) is 0 Å². The zero-order chi connectivity index (χ0) is 13.9. The first-order valence-electron chi connectivity index (χ1n) is 5.33. The second kappa shape index (κ2) is 5.43. The van der Waals surface area contributed by atoms with Crippen LogP contribution >= 0.6 is 0 Å². The van der Waals surface area contributed by atoms with Gasteiger partial charge in [-0.25, -0.2) is 4.98 Å². The van der Waals surface area contributed by atoms with E-state index in [0.29, 0.717) is 11.5 Å². The van der Waals surface area contributed by atoms with E-state index in [1.165, 1.54) is 23.3 Å². The van der Waals surface area contributed by atoms with Crippen molar-refractivity contribution >= 4 is 10.1 Å². The van der Waals surface area contributed by atoms with E-state index < -0.39 is 22.0 Å². The van der Waals surface area contributed by atoms with E-state index in [1.807, 2.05) is 0 Å². The third-order valence-corrected chi connectivity index (χ3v) is 3.06. The minimum absolute atomic E-state index is 0.0499. The normalized spacial score (nSPS) is 13.4. The fourth-order valence-electron chi connectivity index (χ4n) is 1.50. The Hall–Kier alpha value is -1.84. The number of aromatic nitrogens is 3. The lowest BCUT2D eigenvalue weighted by Crippen LogP contribution is -2.44. The van der Waals surface area contributed by atoms with Crippen LogP contribution in [0.4, 0.5) is 0 Å². The molecule has 0 aromatic carbocycles. The number of aliphatic hydroxyl groups excluding tert-OH is 1. The summed E-state index contributed by atoms with van der Waals surface area (Å²) in [4.78, 5) is 3.95. The maximum absolute atomic E-state index is 10.6. The van der Waals surface area contributed by atoms with Crippen molar-refractivity contribution in [2.45, 2.75) is 12.6 Å². The zero-order valence-corrected chi connectivity index (χ0v) is 10.6. The van der Waals surface area contributed by atoms with Gasteiger partial charge in [0.15, 0.2) is 6.20 Å². The van der Waals surface area contributed by atoms with Gasteiger partial charge in [0.2, 0.25) is 12.4 Å². The molecule has 0 bridgehead atoms. The number of rotatable bonds is 5. The Morgan fingerprint density at radius 1 is 1.47 bits per heavy atom. The second-order valence-electron chi connectivity index (χ2n) is 3.88. The molecule has 0 spiro atoms. The first-order chi connectivity index (χ1) is 8.94. The summed E-state index contributed by atoms with van der Waals surface area (Å²) in [5, 5.41) is 13.4. The smallest absolute Gasteiger partial charge is 0.267 e. The first-order valence-corrected chi connectivity index (χ1v) is 6.94. The maximum atomic E-state index is 10.6. The van der Waals surface area contributed by atoms with E-state index in [0.717, 1.165) is 0 Å². The molecule has 0 saturated heterocycles. The summed E-state index contributed by atoms with van der Waals surface area (Å²) in [6.07, 6.45) is 4.73. The van der Waals surface area contributed by atoms with E-state index in [1.54, 1.807) is 12.3 Å². The van der Waals surface area contributed by atoms with E-state index in [-0.39, 0.29) is 6.54 Å². The summed E-state index contributed by atoms with van der Waals surface area (Å²) in [7, 11) is -4.20. The molecule has 102 valence electrons. The van der Waals surface area contributed by atoms with Gasteiger partial charge in [0.25, 0.3) is 10.1 Å². The van der Waals surface area contributed by atoms with Crippen LogP contribution in [0.25, 0.3) is 11.5 Å².